The van der Waals surface area contributed by atoms with E-state index in [9.17, 15) is 0 Å². The number of thiophene rings is 1. The SMILES string of the molecule is c1ccc(-c2cc(-c3ccccc3)c3sc4c(-c5cccc6c5c5ccccc5n6-c5ccccc5)cccc4c3c2)cc1. The molecule has 0 fully saturated rings. The Morgan fingerprint density at radius 2 is 0.955 bits per heavy atom. The zero-order valence-corrected chi connectivity index (χ0v) is 24.8. The molecule has 0 aliphatic rings. The van der Waals surface area contributed by atoms with Crippen molar-refractivity contribution in [2.45, 2.75) is 0 Å². The van der Waals surface area contributed by atoms with Crippen molar-refractivity contribution in [3.63, 3.8) is 0 Å². The second kappa shape index (κ2) is 10.1. The molecule has 0 spiro atoms. The van der Waals surface area contributed by atoms with Crippen LogP contribution in [0, 0.1) is 0 Å². The molecular weight excluding hydrogens is 551 g/mol. The lowest BCUT2D eigenvalue weighted by molar-refractivity contribution is 1.18. The lowest BCUT2D eigenvalue weighted by Crippen LogP contribution is -1.92. The van der Waals surface area contributed by atoms with Crippen LogP contribution in [0.5, 0.6) is 0 Å². The van der Waals surface area contributed by atoms with Gasteiger partial charge in [0.1, 0.15) is 0 Å². The van der Waals surface area contributed by atoms with Crippen LogP contribution in [-0.2, 0) is 0 Å². The lowest BCUT2D eigenvalue weighted by Gasteiger charge is -2.09. The molecule has 0 radical (unpaired) electrons. The van der Waals surface area contributed by atoms with Crippen LogP contribution in [0.1, 0.15) is 0 Å². The highest BCUT2D eigenvalue weighted by Crippen LogP contribution is 2.47. The fourth-order valence-corrected chi connectivity index (χ4v) is 8.19. The molecule has 0 atom stereocenters. The number of benzene rings is 7. The summed E-state index contributed by atoms with van der Waals surface area (Å²) < 4.78 is 5.06. The molecule has 0 saturated carbocycles. The largest absolute Gasteiger partial charge is 0.309 e. The van der Waals surface area contributed by atoms with E-state index in [-0.39, 0.29) is 0 Å². The van der Waals surface area contributed by atoms with Gasteiger partial charge in [0.05, 0.1) is 11.0 Å². The van der Waals surface area contributed by atoms with Crippen molar-refractivity contribution in [2.75, 3.05) is 0 Å². The highest BCUT2D eigenvalue weighted by atomic mass is 32.1. The summed E-state index contributed by atoms with van der Waals surface area (Å²) >= 11 is 1.92. The molecular formula is C42H27NS. The Morgan fingerprint density at radius 1 is 0.364 bits per heavy atom. The molecule has 0 unspecified atom stereocenters. The molecule has 9 aromatic rings. The van der Waals surface area contributed by atoms with Crippen LogP contribution in [0.25, 0.3) is 81.0 Å². The van der Waals surface area contributed by atoms with Crippen LogP contribution in [0.4, 0.5) is 0 Å². The fraction of sp³-hybridized carbons (Fsp3) is 0. The number of hydrogen-bond donors (Lipinski definition) is 0. The number of aromatic nitrogens is 1. The molecule has 9 rings (SSSR count). The van der Waals surface area contributed by atoms with Gasteiger partial charge < -0.3 is 4.57 Å². The van der Waals surface area contributed by atoms with Gasteiger partial charge in [-0.15, -0.1) is 11.3 Å². The molecule has 2 heteroatoms. The zero-order valence-electron chi connectivity index (χ0n) is 23.9. The number of para-hydroxylation sites is 2. The van der Waals surface area contributed by atoms with Crippen LogP contribution >= 0.6 is 11.3 Å². The second-order valence-electron chi connectivity index (χ2n) is 11.3. The normalized spacial score (nSPS) is 11.6. The molecule has 206 valence electrons. The van der Waals surface area contributed by atoms with Gasteiger partial charge in [-0.1, -0.05) is 127 Å². The minimum atomic E-state index is 1.18. The van der Waals surface area contributed by atoms with Gasteiger partial charge in [0, 0.05) is 47.8 Å². The van der Waals surface area contributed by atoms with E-state index in [1.54, 1.807) is 0 Å². The van der Waals surface area contributed by atoms with E-state index in [1.165, 1.54) is 81.0 Å². The van der Waals surface area contributed by atoms with Gasteiger partial charge in [-0.25, -0.2) is 0 Å². The van der Waals surface area contributed by atoms with Crippen LogP contribution in [0.2, 0.25) is 0 Å². The Balaban J connectivity index is 1.37. The molecule has 2 heterocycles. The third-order valence-corrected chi connectivity index (χ3v) is 10.1. The number of rotatable bonds is 4. The monoisotopic (exact) mass is 577 g/mol. The van der Waals surface area contributed by atoms with E-state index in [0.29, 0.717) is 0 Å². The first-order chi connectivity index (χ1) is 21.8. The molecule has 0 aliphatic carbocycles. The first-order valence-corrected chi connectivity index (χ1v) is 15.8. The van der Waals surface area contributed by atoms with Crippen LogP contribution in [-0.4, -0.2) is 4.57 Å². The van der Waals surface area contributed by atoms with E-state index in [0.717, 1.165) is 0 Å². The van der Waals surface area contributed by atoms with Crippen LogP contribution in [0.3, 0.4) is 0 Å². The molecule has 7 aromatic carbocycles. The van der Waals surface area contributed by atoms with Gasteiger partial charge >= 0.3 is 0 Å². The Labute approximate surface area is 259 Å². The van der Waals surface area contributed by atoms with Crippen molar-refractivity contribution in [3.8, 4) is 39.1 Å². The molecule has 0 aliphatic heterocycles. The predicted octanol–water partition coefficient (Wildman–Crippen LogP) is 12.2. The van der Waals surface area contributed by atoms with Crippen LogP contribution in [0.15, 0.2) is 164 Å². The van der Waals surface area contributed by atoms with Gasteiger partial charge in [0.15, 0.2) is 0 Å². The Morgan fingerprint density at radius 3 is 1.75 bits per heavy atom. The van der Waals surface area contributed by atoms with E-state index in [4.69, 9.17) is 0 Å². The summed E-state index contributed by atoms with van der Waals surface area (Å²) in [4.78, 5) is 0. The summed E-state index contributed by atoms with van der Waals surface area (Å²) in [7, 11) is 0. The predicted molar refractivity (Wildman–Crippen MR) is 190 cm³/mol. The van der Waals surface area contributed by atoms with Crippen molar-refractivity contribution in [1.29, 1.82) is 0 Å². The second-order valence-corrected chi connectivity index (χ2v) is 12.3. The Bertz CT molecular complexity index is 2470. The van der Waals surface area contributed by atoms with Crippen LogP contribution < -0.4 is 0 Å². The maximum atomic E-state index is 2.40. The first-order valence-electron chi connectivity index (χ1n) is 15.0. The van der Waals surface area contributed by atoms with Crippen molar-refractivity contribution < 1.29 is 0 Å². The average molecular weight is 578 g/mol. The smallest absolute Gasteiger partial charge is 0.0547 e. The number of nitrogens with zero attached hydrogens (tertiary/aromatic N) is 1. The van der Waals surface area contributed by atoms with Crippen molar-refractivity contribution in [1.82, 2.24) is 4.57 Å². The minimum Gasteiger partial charge on any atom is -0.309 e. The molecule has 44 heavy (non-hydrogen) atoms. The third-order valence-electron chi connectivity index (χ3n) is 8.79. The van der Waals surface area contributed by atoms with E-state index >= 15 is 0 Å². The van der Waals surface area contributed by atoms with E-state index in [1.807, 2.05) is 11.3 Å². The molecule has 0 N–H and O–H groups in total. The molecule has 0 amide bonds. The minimum absolute atomic E-state index is 1.18. The Kier molecular flexibility index (Phi) is 5.75. The summed E-state index contributed by atoms with van der Waals surface area (Å²) in [5.74, 6) is 0. The average Bonchev–Trinajstić information content (AvgIpc) is 3.65. The Hall–Kier alpha value is -5.44. The maximum absolute atomic E-state index is 2.40. The van der Waals surface area contributed by atoms with Gasteiger partial charge in [-0.3, -0.25) is 0 Å². The summed E-state index contributed by atoms with van der Waals surface area (Å²) in [5.41, 5.74) is 11.2. The maximum Gasteiger partial charge on any atom is 0.0547 e. The molecule has 1 nitrogen and oxygen atoms in total. The highest BCUT2D eigenvalue weighted by molar-refractivity contribution is 7.27. The summed E-state index contributed by atoms with van der Waals surface area (Å²) in [6.07, 6.45) is 0. The van der Waals surface area contributed by atoms with Gasteiger partial charge in [-0.05, 0) is 58.7 Å². The number of hydrogen-bond acceptors (Lipinski definition) is 1. The van der Waals surface area contributed by atoms with E-state index < -0.39 is 0 Å². The summed E-state index contributed by atoms with van der Waals surface area (Å²) in [6, 6.07) is 59.5. The third kappa shape index (κ3) is 3.85. The van der Waals surface area contributed by atoms with Crippen molar-refractivity contribution in [3.05, 3.63) is 164 Å². The first kappa shape index (κ1) is 25.1. The fourth-order valence-electron chi connectivity index (χ4n) is 6.84. The number of fused-ring (bicyclic) bond motifs is 6. The van der Waals surface area contributed by atoms with E-state index in [2.05, 4.69) is 168 Å². The quantitative estimate of drug-likeness (QED) is 0.196. The molecule has 0 saturated heterocycles. The van der Waals surface area contributed by atoms with Crippen molar-refractivity contribution in [2.24, 2.45) is 0 Å². The lowest BCUT2D eigenvalue weighted by atomic mass is 9.94. The van der Waals surface area contributed by atoms with Crippen molar-refractivity contribution >= 4 is 53.3 Å². The van der Waals surface area contributed by atoms with Gasteiger partial charge in [0.25, 0.3) is 0 Å². The van der Waals surface area contributed by atoms with Gasteiger partial charge in [-0.2, -0.15) is 0 Å². The molecule has 0 bridgehead atoms. The summed E-state index contributed by atoms with van der Waals surface area (Å²) in [5, 5.41) is 5.19. The van der Waals surface area contributed by atoms with Gasteiger partial charge in [0.2, 0.25) is 0 Å². The molecule has 2 aromatic heterocycles. The topological polar surface area (TPSA) is 4.93 Å². The summed E-state index contributed by atoms with van der Waals surface area (Å²) in [6.45, 7) is 0. The standard InChI is InChI=1S/C42H27NS/c1-4-14-28(15-5-1)30-26-36(29-16-6-2-7-17-29)42-37(27-30)34-23-12-22-33(41(34)44-42)32-21-13-25-39-40(32)35-20-10-11-24-38(35)43(39)31-18-8-3-9-19-31/h1-27H. The highest BCUT2D eigenvalue weighted by Gasteiger charge is 2.20. The zero-order chi connectivity index (χ0) is 29.0.